The number of aryl methyl sites for hydroxylation is 2. The lowest BCUT2D eigenvalue weighted by molar-refractivity contribution is 0.865. The minimum atomic E-state index is 0.771. The fourth-order valence-corrected chi connectivity index (χ4v) is 3.73. The van der Waals surface area contributed by atoms with E-state index in [0.29, 0.717) is 0 Å². The van der Waals surface area contributed by atoms with E-state index >= 15 is 0 Å². The molecule has 148 valence electrons. The third-order valence-electron chi connectivity index (χ3n) is 5.28. The van der Waals surface area contributed by atoms with E-state index < -0.39 is 0 Å². The molecule has 1 aromatic carbocycles. The molecule has 0 atom stereocenters. The molecule has 4 rings (SSSR count). The molecule has 0 spiro atoms. The maximum Gasteiger partial charge on any atom is 0.182 e. The minimum absolute atomic E-state index is 0.771. The number of aliphatic imine (C=N–C) groups is 1. The number of imidazole rings is 1. The second kappa shape index (κ2) is 7.62. The molecule has 1 aliphatic heterocycles. The van der Waals surface area contributed by atoms with Crippen LogP contribution < -0.4 is 4.90 Å². The molecule has 29 heavy (non-hydrogen) atoms. The second-order valence-corrected chi connectivity index (χ2v) is 7.19. The Kier molecular flexibility index (Phi) is 5.01. The highest BCUT2D eigenvalue weighted by Gasteiger charge is 2.27. The predicted molar refractivity (Wildman–Crippen MR) is 120 cm³/mol. The number of anilines is 1. The quantitative estimate of drug-likeness (QED) is 0.635. The molecule has 0 saturated heterocycles. The van der Waals surface area contributed by atoms with Crippen molar-refractivity contribution in [2.75, 3.05) is 18.0 Å². The van der Waals surface area contributed by atoms with Gasteiger partial charge < -0.3 is 4.90 Å². The summed E-state index contributed by atoms with van der Waals surface area (Å²) in [7, 11) is 0. The zero-order chi connectivity index (χ0) is 20.5. The summed E-state index contributed by atoms with van der Waals surface area (Å²) in [6.07, 6.45) is 1.79. The maximum atomic E-state index is 4.94. The van der Waals surface area contributed by atoms with Gasteiger partial charge in [-0.25, -0.2) is 14.7 Å². The number of rotatable bonds is 5. The Balaban J connectivity index is 1.76. The SMILES string of the molecule is CCN(CC)c1ccc(/N=C2/C(C)=Nn3c2nc(C)c3-c2ccccn2)c(C)c1. The predicted octanol–water partition coefficient (Wildman–Crippen LogP) is 4.77. The van der Waals surface area contributed by atoms with Crippen LogP contribution in [0, 0.1) is 13.8 Å². The third kappa shape index (κ3) is 3.35. The largest absolute Gasteiger partial charge is 0.372 e. The molecule has 2 aromatic heterocycles. The molecule has 0 saturated carbocycles. The molecular weight excluding hydrogens is 360 g/mol. The summed E-state index contributed by atoms with van der Waals surface area (Å²) in [6, 6.07) is 12.3. The minimum Gasteiger partial charge on any atom is -0.372 e. The summed E-state index contributed by atoms with van der Waals surface area (Å²) in [4.78, 5) is 16.5. The monoisotopic (exact) mass is 386 g/mol. The first-order valence-corrected chi connectivity index (χ1v) is 10.0. The van der Waals surface area contributed by atoms with Gasteiger partial charge in [0, 0.05) is 25.0 Å². The van der Waals surface area contributed by atoms with Crippen LogP contribution in [0.3, 0.4) is 0 Å². The van der Waals surface area contributed by atoms with Gasteiger partial charge in [0.25, 0.3) is 0 Å². The van der Waals surface area contributed by atoms with Gasteiger partial charge in [-0.2, -0.15) is 5.10 Å². The topological polar surface area (TPSA) is 58.7 Å². The molecule has 3 heterocycles. The van der Waals surface area contributed by atoms with Crippen LogP contribution in [0.2, 0.25) is 0 Å². The molecule has 6 heteroatoms. The Bertz CT molecular complexity index is 1100. The van der Waals surface area contributed by atoms with Crippen LogP contribution in [0.5, 0.6) is 0 Å². The van der Waals surface area contributed by atoms with Gasteiger partial charge >= 0.3 is 0 Å². The average molecular weight is 387 g/mol. The van der Waals surface area contributed by atoms with E-state index in [9.17, 15) is 0 Å². The van der Waals surface area contributed by atoms with E-state index in [0.717, 1.165) is 58.7 Å². The zero-order valence-corrected chi connectivity index (χ0v) is 17.6. The Labute approximate surface area is 171 Å². The maximum absolute atomic E-state index is 4.94. The summed E-state index contributed by atoms with van der Waals surface area (Å²) < 4.78 is 1.87. The lowest BCUT2D eigenvalue weighted by atomic mass is 10.1. The van der Waals surface area contributed by atoms with E-state index in [4.69, 9.17) is 15.1 Å². The molecular formula is C23H26N6. The van der Waals surface area contributed by atoms with Gasteiger partial charge in [-0.1, -0.05) is 6.07 Å². The first-order chi connectivity index (χ1) is 14.0. The van der Waals surface area contributed by atoms with Crippen LogP contribution in [0.25, 0.3) is 11.4 Å². The van der Waals surface area contributed by atoms with Gasteiger partial charge in [0.2, 0.25) is 0 Å². The van der Waals surface area contributed by atoms with Gasteiger partial charge in [-0.05, 0) is 70.5 Å². The van der Waals surface area contributed by atoms with Crippen molar-refractivity contribution < 1.29 is 0 Å². The summed E-state index contributed by atoms with van der Waals surface area (Å²) in [5.41, 5.74) is 7.66. The third-order valence-corrected chi connectivity index (χ3v) is 5.28. The van der Waals surface area contributed by atoms with Crippen molar-refractivity contribution in [2.45, 2.75) is 34.6 Å². The molecule has 0 aliphatic carbocycles. The Hall–Kier alpha value is -3.28. The van der Waals surface area contributed by atoms with Crippen molar-refractivity contribution in [3.05, 3.63) is 59.7 Å². The van der Waals surface area contributed by atoms with Crippen LogP contribution in [-0.4, -0.2) is 39.2 Å². The van der Waals surface area contributed by atoms with Gasteiger partial charge in [0.05, 0.1) is 22.8 Å². The van der Waals surface area contributed by atoms with Crippen LogP contribution in [0.4, 0.5) is 11.4 Å². The average Bonchev–Trinajstić information content (AvgIpc) is 3.19. The molecule has 6 nitrogen and oxygen atoms in total. The highest BCUT2D eigenvalue weighted by molar-refractivity contribution is 6.48. The number of hydrogen-bond acceptors (Lipinski definition) is 5. The van der Waals surface area contributed by atoms with E-state index in [-0.39, 0.29) is 0 Å². The summed E-state index contributed by atoms with van der Waals surface area (Å²) in [5, 5.41) is 4.72. The van der Waals surface area contributed by atoms with Crippen molar-refractivity contribution in [3.8, 4) is 11.4 Å². The van der Waals surface area contributed by atoms with Crippen molar-refractivity contribution in [3.63, 3.8) is 0 Å². The number of fused-ring (bicyclic) bond motifs is 1. The Morgan fingerprint density at radius 1 is 1.03 bits per heavy atom. The molecule has 0 fully saturated rings. The lowest BCUT2D eigenvalue weighted by Crippen LogP contribution is -2.21. The molecule has 0 unspecified atom stereocenters. The van der Waals surface area contributed by atoms with Crippen LogP contribution in [0.1, 0.15) is 37.9 Å². The van der Waals surface area contributed by atoms with Crippen LogP contribution >= 0.6 is 0 Å². The lowest BCUT2D eigenvalue weighted by Gasteiger charge is -2.21. The molecule has 0 radical (unpaired) electrons. The first kappa shape index (κ1) is 19.1. The molecule has 0 N–H and O–H groups in total. The van der Waals surface area contributed by atoms with Gasteiger partial charge in [0.15, 0.2) is 5.82 Å². The van der Waals surface area contributed by atoms with E-state index in [2.05, 4.69) is 48.9 Å². The summed E-state index contributed by atoms with van der Waals surface area (Å²) in [6.45, 7) is 12.4. The van der Waals surface area contributed by atoms with Crippen molar-refractivity contribution in [2.24, 2.45) is 10.1 Å². The number of aromatic nitrogens is 3. The molecule has 0 amide bonds. The fourth-order valence-electron chi connectivity index (χ4n) is 3.73. The Morgan fingerprint density at radius 3 is 2.48 bits per heavy atom. The normalized spacial score (nSPS) is 14.2. The van der Waals surface area contributed by atoms with E-state index in [1.807, 2.05) is 36.7 Å². The number of benzene rings is 1. The molecule has 0 bridgehead atoms. The van der Waals surface area contributed by atoms with Crippen LogP contribution in [0.15, 0.2) is 52.7 Å². The van der Waals surface area contributed by atoms with Crippen molar-refractivity contribution in [1.82, 2.24) is 14.6 Å². The second-order valence-electron chi connectivity index (χ2n) is 7.19. The molecule has 1 aliphatic rings. The first-order valence-electron chi connectivity index (χ1n) is 10.0. The van der Waals surface area contributed by atoms with Crippen molar-refractivity contribution >= 4 is 22.8 Å². The van der Waals surface area contributed by atoms with Gasteiger partial charge in [-0.15, -0.1) is 0 Å². The zero-order valence-electron chi connectivity index (χ0n) is 17.6. The van der Waals surface area contributed by atoms with E-state index in [1.54, 1.807) is 6.20 Å². The Morgan fingerprint density at radius 2 is 1.83 bits per heavy atom. The number of hydrogen-bond donors (Lipinski definition) is 0. The highest BCUT2D eigenvalue weighted by Crippen LogP contribution is 2.30. The number of nitrogens with zero attached hydrogens (tertiary/aromatic N) is 6. The summed E-state index contributed by atoms with van der Waals surface area (Å²) in [5.74, 6) is 0.771. The smallest absolute Gasteiger partial charge is 0.182 e. The number of pyridine rings is 1. The van der Waals surface area contributed by atoms with Crippen LogP contribution in [-0.2, 0) is 0 Å². The van der Waals surface area contributed by atoms with Gasteiger partial charge in [0.1, 0.15) is 11.4 Å². The van der Waals surface area contributed by atoms with Crippen molar-refractivity contribution in [1.29, 1.82) is 0 Å². The fraction of sp³-hybridized carbons (Fsp3) is 0.304. The van der Waals surface area contributed by atoms with Gasteiger partial charge in [-0.3, -0.25) is 4.98 Å². The standard InChI is InChI=1S/C23H26N6/c1-6-28(7-2)18-11-12-19(15(3)14-18)26-21-16(4)27-29-22(17(5)25-23(21)29)20-10-8-9-13-24-20/h8-14H,6-7H2,1-5H3/b26-21-. The molecule has 3 aromatic rings. The summed E-state index contributed by atoms with van der Waals surface area (Å²) >= 11 is 0. The van der Waals surface area contributed by atoms with E-state index in [1.165, 1.54) is 5.69 Å². The highest BCUT2D eigenvalue weighted by atomic mass is 15.4.